The van der Waals surface area contributed by atoms with E-state index >= 15 is 0 Å². The maximum Gasteiger partial charge on any atom is 0.322 e. The number of amides is 2. The van der Waals surface area contributed by atoms with E-state index in [1.807, 2.05) is 16.7 Å². The van der Waals surface area contributed by atoms with Crippen LogP contribution in [0.15, 0.2) is 0 Å². The number of fused-ring (bicyclic) bond motifs is 1. The van der Waals surface area contributed by atoms with Crippen LogP contribution in [-0.4, -0.2) is 84.9 Å². The number of methoxy groups -OCH3 is 1. The molecular weight excluding hydrogens is 433 g/mol. The first-order valence-electron chi connectivity index (χ1n) is 10.6. The van der Waals surface area contributed by atoms with Gasteiger partial charge in [0.25, 0.3) is 0 Å². The van der Waals surface area contributed by atoms with Crippen LogP contribution in [0.4, 0.5) is 9.18 Å². The Morgan fingerprint density at radius 1 is 1.30 bits per heavy atom. The van der Waals surface area contributed by atoms with Gasteiger partial charge in [0.1, 0.15) is 12.2 Å². The maximum atomic E-state index is 13.3. The van der Waals surface area contributed by atoms with Gasteiger partial charge in [-0.25, -0.2) is 33.2 Å². The van der Waals surface area contributed by atoms with E-state index in [-0.39, 0.29) is 29.0 Å². The lowest BCUT2D eigenvalue weighted by Gasteiger charge is -2.37. The lowest BCUT2D eigenvalue weighted by molar-refractivity contribution is 0.158. The van der Waals surface area contributed by atoms with Crippen LogP contribution in [0.2, 0.25) is 0 Å². The molecular formula is C18H32FN5O4S2. The number of hydrogen-bond donors (Lipinski definition) is 3. The first kappa shape index (κ1) is 22.5. The van der Waals surface area contributed by atoms with Gasteiger partial charge < -0.3 is 9.64 Å². The van der Waals surface area contributed by atoms with E-state index in [0.717, 1.165) is 6.42 Å². The molecule has 5 unspecified atom stereocenters. The average molecular weight is 466 g/mol. The van der Waals surface area contributed by atoms with Crippen molar-refractivity contribution in [3.63, 3.8) is 0 Å². The van der Waals surface area contributed by atoms with E-state index in [2.05, 4.69) is 15.6 Å². The Hall–Kier alpha value is -0.660. The number of carbonyl (C=O) groups excluding carboxylic acids is 1. The highest BCUT2D eigenvalue weighted by molar-refractivity contribution is 8.00. The fourth-order valence-electron chi connectivity index (χ4n) is 4.77. The van der Waals surface area contributed by atoms with Crippen LogP contribution in [0.25, 0.3) is 0 Å². The molecule has 2 amide bonds. The van der Waals surface area contributed by atoms with E-state index < -0.39 is 27.5 Å². The van der Waals surface area contributed by atoms with Crippen molar-refractivity contribution in [3.05, 3.63) is 0 Å². The summed E-state index contributed by atoms with van der Waals surface area (Å²) in [4.78, 5) is 17.0. The molecule has 0 bridgehead atoms. The summed E-state index contributed by atoms with van der Waals surface area (Å²) in [6, 6.07) is -0.279. The van der Waals surface area contributed by atoms with Crippen LogP contribution in [0.5, 0.6) is 0 Å². The highest BCUT2D eigenvalue weighted by Crippen LogP contribution is 2.42. The summed E-state index contributed by atoms with van der Waals surface area (Å²) in [5.74, 6) is 0. The van der Waals surface area contributed by atoms with Gasteiger partial charge in [-0.3, -0.25) is 4.90 Å². The van der Waals surface area contributed by atoms with Crippen molar-refractivity contribution < 1.29 is 22.3 Å². The van der Waals surface area contributed by atoms with Crippen LogP contribution in [0, 0.1) is 0 Å². The SMILES string of the molecule is COCCCN1C(=O)N(C2NNC(C)S2)C2CC(S(=O)(=O)NC3(CF)CC3)CCC21. The van der Waals surface area contributed by atoms with Gasteiger partial charge in [0, 0.05) is 20.3 Å². The maximum absolute atomic E-state index is 13.3. The molecule has 2 saturated carbocycles. The third kappa shape index (κ3) is 4.31. The predicted octanol–water partition coefficient (Wildman–Crippen LogP) is 0.942. The number of sulfonamides is 1. The van der Waals surface area contributed by atoms with E-state index in [4.69, 9.17) is 4.74 Å². The first-order valence-corrected chi connectivity index (χ1v) is 13.1. The monoisotopic (exact) mass is 465 g/mol. The van der Waals surface area contributed by atoms with Crippen molar-refractivity contribution in [3.8, 4) is 0 Å². The summed E-state index contributed by atoms with van der Waals surface area (Å²) in [7, 11) is -2.01. The van der Waals surface area contributed by atoms with Crippen molar-refractivity contribution in [2.24, 2.45) is 0 Å². The minimum Gasteiger partial charge on any atom is -0.385 e. The van der Waals surface area contributed by atoms with Crippen molar-refractivity contribution in [2.75, 3.05) is 26.9 Å². The summed E-state index contributed by atoms with van der Waals surface area (Å²) in [5, 5.41) is -0.471. The lowest BCUT2D eigenvalue weighted by Crippen LogP contribution is -2.54. The Kier molecular flexibility index (Phi) is 6.54. The molecule has 4 rings (SSSR count). The van der Waals surface area contributed by atoms with Crippen LogP contribution in [-0.2, 0) is 14.8 Å². The van der Waals surface area contributed by atoms with Crippen molar-refractivity contribution >= 4 is 27.8 Å². The molecule has 2 saturated heterocycles. The summed E-state index contributed by atoms with van der Waals surface area (Å²) >= 11 is 1.60. The highest BCUT2D eigenvalue weighted by atomic mass is 32.2. The van der Waals surface area contributed by atoms with E-state index in [0.29, 0.717) is 45.3 Å². The second-order valence-electron chi connectivity index (χ2n) is 8.78. The molecule has 4 aliphatic rings. The molecule has 172 valence electrons. The molecule has 3 N–H and O–H groups in total. The smallest absolute Gasteiger partial charge is 0.322 e. The second-order valence-corrected chi connectivity index (χ2v) is 12.2. The van der Waals surface area contributed by atoms with Crippen molar-refractivity contribution in [2.45, 2.75) is 79.2 Å². The number of carbonyl (C=O) groups is 1. The van der Waals surface area contributed by atoms with Crippen LogP contribution < -0.4 is 15.6 Å². The number of urea groups is 1. The van der Waals surface area contributed by atoms with E-state index in [9.17, 15) is 17.6 Å². The van der Waals surface area contributed by atoms with Gasteiger partial charge in [0.15, 0.2) is 0 Å². The Morgan fingerprint density at radius 2 is 2.07 bits per heavy atom. The van der Waals surface area contributed by atoms with Gasteiger partial charge >= 0.3 is 6.03 Å². The fourth-order valence-corrected chi connectivity index (χ4v) is 7.73. The van der Waals surface area contributed by atoms with E-state index in [1.54, 1.807) is 18.9 Å². The number of ether oxygens (including phenoxy) is 1. The minimum atomic E-state index is -3.65. The van der Waals surface area contributed by atoms with Crippen molar-refractivity contribution in [1.29, 1.82) is 0 Å². The number of nitrogens with zero attached hydrogens (tertiary/aromatic N) is 2. The Bertz CT molecular complexity index is 753. The third-order valence-electron chi connectivity index (χ3n) is 6.61. The Balaban J connectivity index is 1.52. The third-order valence-corrected chi connectivity index (χ3v) is 9.76. The van der Waals surface area contributed by atoms with Gasteiger partial charge in [-0.2, -0.15) is 0 Å². The lowest BCUT2D eigenvalue weighted by atomic mass is 9.90. The predicted molar refractivity (Wildman–Crippen MR) is 113 cm³/mol. The molecule has 9 nitrogen and oxygen atoms in total. The standard InChI is InChI=1S/C18H32FN5O4S2/c1-12-20-21-16(29-12)24-15-10-13(30(26,27)22-18(11-19)6-7-18)4-5-14(15)23(17(24)25)8-3-9-28-2/h12-16,20-22H,3-11H2,1-2H3. The number of thioether (sulfide) groups is 1. The van der Waals surface area contributed by atoms with Crippen LogP contribution >= 0.6 is 11.8 Å². The average Bonchev–Trinajstić information content (AvgIpc) is 3.26. The van der Waals surface area contributed by atoms with Gasteiger partial charge in [-0.1, -0.05) is 0 Å². The van der Waals surface area contributed by atoms with Gasteiger partial charge in [-0.15, -0.1) is 11.8 Å². The number of halogens is 1. The summed E-state index contributed by atoms with van der Waals surface area (Å²) in [5.41, 5.74) is 5.15. The summed E-state index contributed by atoms with van der Waals surface area (Å²) < 4.78 is 47.1. The molecule has 0 spiro atoms. The first-order chi connectivity index (χ1) is 14.3. The van der Waals surface area contributed by atoms with Gasteiger partial charge in [0.2, 0.25) is 10.0 Å². The molecule has 0 radical (unpaired) electrons. The number of alkyl halides is 1. The Morgan fingerprint density at radius 3 is 2.67 bits per heavy atom. The zero-order valence-corrected chi connectivity index (χ0v) is 19.1. The van der Waals surface area contributed by atoms with Gasteiger partial charge in [0.05, 0.1) is 28.2 Å². The second kappa shape index (κ2) is 8.70. The molecule has 12 heteroatoms. The number of hydrazine groups is 1. The molecule has 2 heterocycles. The normalized spacial score (nSPS) is 35.7. The molecule has 0 aromatic heterocycles. The fraction of sp³-hybridized carbons (Fsp3) is 0.944. The largest absolute Gasteiger partial charge is 0.385 e. The molecule has 2 aliphatic carbocycles. The quantitative estimate of drug-likeness (QED) is 0.436. The summed E-state index contributed by atoms with van der Waals surface area (Å²) in [6.07, 6.45) is 3.29. The van der Waals surface area contributed by atoms with E-state index in [1.165, 1.54) is 0 Å². The van der Waals surface area contributed by atoms with Crippen LogP contribution in [0.3, 0.4) is 0 Å². The topological polar surface area (TPSA) is 103 Å². The van der Waals surface area contributed by atoms with Crippen molar-refractivity contribution in [1.82, 2.24) is 25.4 Å². The van der Waals surface area contributed by atoms with Crippen LogP contribution in [0.1, 0.15) is 45.4 Å². The molecule has 5 atom stereocenters. The number of rotatable bonds is 9. The molecule has 0 aromatic carbocycles. The molecule has 4 fully saturated rings. The molecule has 30 heavy (non-hydrogen) atoms. The Labute approximate surface area is 181 Å². The van der Waals surface area contributed by atoms with Gasteiger partial charge in [-0.05, 0) is 45.4 Å². The number of nitrogens with one attached hydrogen (secondary N) is 3. The minimum absolute atomic E-state index is 0.0184. The molecule has 0 aromatic rings. The molecule has 2 aliphatic heterocycles. The summed E-state index contributed by atoms with van der Waals surface area (Å²) in [6.45, 7) is 2.50. The number of hydrogen-bond acceptors (Lipinski definition) is 7. The zero-order valence-electron chi connectivity index (χ0n) is 17.5. The zero-order chi connectivity index (χ0) is 21.5. The highest BCUT2D eigenvalue weighted by Gasteiger charge is 2.55.